The van der Waals surface area contributed by atoms with Gasteiger partial charge < -0.3 is 18.9 Å². The van der Waals surface area contributed by atoms with E-state index in [0.29, 0.717) is 0 Å². The maximum absolute atomic E-state index is 11.7. The van der Waals surface area contributed by atoms with Crippen LogP contribution in [0.4, 0.5) is 4.79 Å². The van der Waals surface area contributed by atoms with Gasteiger partial charge in [0.15, 0.2) is 11.5 Å². The highest BCUT2D eigenvalue weighted by Crippen LogP contribution is 2.47. The molecule has 7 nitrogen and oxygen atoms in total. The van der Waals surface area contributed by atoms with Crippen LogP contribution in [-0.2, 0) is 9.59 Å². The summed E-state index contributed by atoms with van der Waals surface area (Å²) in [5, 5.41) is 0. The molecular weight excluding hydrogens is 292 g/mol. The van der Waals surface area contributed by atoms with E-state index in [1.54, 1.807) is 0 Å². The molecule has 0 spiro atoms. The topological polar surface area (TPSA) is 88.1 Å². The Morgan fingerprint density at radius 3 is 1.59 bits per heavy atom. The van der Waals surface area contributed by atoms with Crippen LogP contribution in [-0.4, -0.2) is 18.1 Å². The van der Waals surface area contributed by atoms with Crippen molar-refractivity contribution in [3.05, 3.63) is 36.4 Å². The predicted octanol–water partition coefficient (Wildman–Crippen LogP) is 2.54. The van der Waals surface area contributed by atoms with Crippen molar-refractivity contribution in [2.75, 3.05) is 0 Å². The van der Waals surface area contributed by atoms with Crippen LogP contribution in [0.1, 0.15) is 13.8 Å². The summed E-state index contributed by atoms with van der Waals surface area (Å²) >= 11 is 0. The number of hydrogen-bond acceptors (Lipinski definition) is 7. The molecule has 0 N–H and O–H groups in total. The Balaban J connectivity index is 2.50. The van der Waals surface area contributed by atoms with E-state index in [2.05, 4.69) is 13.2 Å². The molecule has 114 valence electrons. The molecule has 0 fully saturated rings. The van der Waals surface area contributed by atoms with Gasteiger partial charge in [-0.05, 0) is 26.0 Å². The lowest BCUT2D eigenvalue weighted by atomic mass is 10.2. The van der Waals surface area contributed by atoms with Gasteiger partial charge >= 0.3 is 18.1 Å². The third-order valence-electron chi connectivity index (χ3n) is 2.51. The quantitative estimate of drug-likeness (QED) is 0.365. The molecule has 0 saturated carbocycles. The smallest absolute Gasteiger partial charge is 0.415 e. The van der Waals surface area contributed by atoms with Gasteiger partial charge in [0.25, 0.3) is 0 Å². The van der Waals surface area contributed by atoms with E-state index < -0.39 is 18.1 Å². The molecule has 2 aliphatic heterocycles. The second-order valence-corrected chi connectivity index (χ2v) is 4.51. The molecule has 0 aliphatic carbocycles. The minimum atomic E-state index is -1.04. The second-order valence-electron chi connectivity index (χ2n) is 4.51. The Morgan fingerprint density at radius 1 is 0.909 bits per heavy atom. The van der Waals surface area contributed by atoms with Crippen molar-refractivity contribution >= 4 is 18.1 Å². The summed E-state index contributed by atoms with van der Waals surface area (Å²) in [6.45, 7) is 9.76. The molecule has 2 heterocycles. The summed E-state index contributed by atoms with van der Waals surface area (Å²) in [7, 11) is 0. The molecule has 0 amide bonds. The molecule has 0 saturated heterocycles. The number of benzene rings is 1. The van der Waals surface area contributed by atoms with E-state index in [-0.39, 0.29) is 34.1 Å². The normalized spacial score (nSPS) is 11.8. The first-order valence-corrected chi connectivity index (χ1v) is 6.11. The van der Waals surface area contributed by atoms with Gasteiger partial charge in [0.1, 0.15) is 0 Å². The number of rotatable bonds is 4. The van der Waals surface area contributed by atoms with Crippen LogP contribution in [0.25, 0.3) is 0 Å². The first-order valence-electron chi connectivity index (χ1n) is 6.11. The van der Waals surface area contributed by atoms with Gasteiger partial charge in [-0.15, -0.1) is 0 Å². The highest BCUT2D eigenvalue weighted by Gasteiger charge is 2.30. The number of esters is 2. The van der Waals surface area contributed by atoms with Crippen LogP contribution in [0.15, 0.2) is 36.4 Å². The molecule has 0 unspecified atom stereocenters. The zero-order valence-corrected chi connectivity index (χ0v) is 11.9. The molecule has 0 atom stereocenters. The van der Waals surface area contributed by atoms with Crippen molar-refractivity contribution in [1.82, 2.24) is 0 Å². The monoisotopic (exact) mass is 304 g/mol. The predicted molar refractivity (Wildman–Crippen MR) is 74.0 cm³/mol. The van der Waals surface area contributed by atoms with Gasteiger partial charge in [0.2, 0.25) is 11.5 Å². The summed E-state index contributed by atoms with van der Waals surface area (Å²) in [6, 6.07) is 2.69. The SMILES string of the molecule is C=C(C)C(=O)Oc1c2ccc(c1OC(=O)C(=C)C)OC(=O)O2. The van der Waals surface area contributed by atoms with Crippen molar-refractivity contribution in [2.24, 2.45) is 0 Å². The minimum absolute atomic E-state index is 0.111. The molecule has 7 heteroatoms. The second kappa shape index (κ2) is 5.72. The van der Waals surface area contributed by atoms with Gasteiger partial charge in [0, 0.05) is 11.1 Å². The maximum Gasteiger partial charge on any atom is 0.519 e. The summed E-state index contributed by atoms with van der Waals surface area (Å²) < 4.78 is 19.8. The highest BCUT2D eigenvalue weighted by molar-refractivity contribution is 5.93. The van der Waals surface area contributed by atoms with Gasteiger partial charge in [0.05, 0.1) is 0 Å². The number of carbonyl (C=O) groups is 3. The fraction of sp³-hybridized carbons (Fsp3) is 0.133. The van der Waals surface area contributed by atoms with Crippen LogP contribution in [0.3, 0.4) is 0 Å². The van der Waals surface area contributed by atoms with Crippen molar-refractivity contribution < 1.29 is 33.3 Å². The highest BCUT2D eigenvalue weighted by atomic mass is 16.7. The zero-order chi connectivity index (χ0) is 16.4. The lowest BCUT2D eigenvalue weighted by Crippen LogP contribution is -2.13. The molecule has 0 aromatic heterocycles. The summed E-state index contributed by atoms with van der Waals surface area (Å²) in [4.78, 5) is 34.8. The molecule has 1 aromatic carbocycles. The first kappa shape index (κ1) is 15.3. The lowest BCUT2D eigenvalue weighted by molar-refractivity contribution is -0.132. The fourth-order valence-electron chi connectivity index (χ4n) is 1.44. The minimum Gasteiger partial charge on any atom is -0.415 e. The lowest BCUT2D eigenvalue weighted by Gasteiger charge is -2.12. The van der Waals surface area contributed by atoms with Crippen LogP contribution in [0.5, 0.6) is 23.0 Å². The van der Waals surface area contributed by atoms with Gasteiger partial charge in [-0.2, -0.15) is 0 Å². The van der Waals surface area contributed by atoms with E-state index in [0.717, 1.165) is 0 Å². The number of fused-ring (bicyclic) bond motifs is 4. The summed E-state index contributed by atoms with van der Waals surface area (Å²) in [6.07, 6.45) is -1.04. The van der Waals surface area contributed by atoms with Crippen LogP contribution < -0.4 is 18.9 Å². The zero-order valence-electron chi connectivity index (χ0n) is 11.9. The van der Waals surface area contributed by atoms with Crippen molar-refractivity contribution in [3.63, 3.8) is 0 Å². The maximum atomic E-state index is 11.7. The Morgan fingerprint density at radius 2 is 1.27 bits per heavy atom. The molecule has 3 rings (SSSR count). The Bertz CT molecular complexity index is 656. The van der Waals surface area contributed by atoms with E-state index in [4.69, 9.17) is 18.9 Å². The van der Waals surface area contributed by atoms with E-state index in [1.165, 1.54) is 26.0 Å². The van der Waals surface area contributed by atoms with Crippen LogP contribution >= 0.6 is 0 Å². The van der Waals surface area contributed by atoms with Gasteiger partial charge in [-0.1, -0.05) is 13.2 Å². The average molecular weight is 304 g/mol. The largest absolute Gasteiger partial charge is 0.519 e. The summed E-state index contributed by atoms with van der Waals surface area (Å²) in [5.74, 6) is -2.28. The Hall–Kier alpha value is -3.09. The fourth-order valence-corrected chi connectivity index (χ4v) is 1.44. The van der Waals surface area contributed by atoms with Gasteiger partial charge in [-0.25, -0.2) is 14.4 Å². The summed E-state index contributed by atoms with van der Waals surface area (Å²) in [5.41, 5.74) is 0.222. The molecule has 22 heavy (non-hydrogen) atoms. The first-order chi connectivity index (χ1) is 10.3. The average Bonchev–Trinajstić information content (AvgIpc) is 2.68. The van der Waals surface area contributed by atoms with E-state index in [1.807, 2.05) is 0 Å². The molecular formula is C15H12O7. The third-order valence-corrected chi connectivity index (χ3v) is 2.51. The van der Waals surface area contributed by atoms with Crippen molar-refractivity contribution in [2.45, 2.75) is 13.8 Å². The number of hydrogen-bond donors (Lipinski definition) is 0. The van der Waals surface area contributed by atoms with E-state index >= 15 is 0 Å². The number of carbonyl (C=O) groups excluding carboxylic acids is 3. The third kappa shape index (κ3) is 2.98. The van der Waals surface area contributed by atoms with Gasteiger partial charge in [-0.3, -0.25) is 0 Å². The van der Waals surface area contributed by atoms with Crippen LogP contribution in [0.2, 0.25) is 0 Å². The molecule has 1 aromatic rings. The van der Waals surface area contributed by atoms with Crippen molar-refractivity contribution in [1.29, 1.82) is 0 Å². The standard InChI is InChI=1S/C15H12O7/c1-7(2)13(16)21-11-9-5-6-10(20-15(18)19-9)12(11)22-14(17)8(3)4/h5-6H,1,3H2,2,4H3. The molecule has 2 aliphatic rings. The molecule has 2 bridgehead atoms. The van der Waals surface area contributed by atoms with Crippen LogP contribution in [0, 0.1) is 0 Å². The van der Waals surface area contributed by atoms with E-state index in [9.17, 15) is 14.4 Å². The number of ether oxygens (including phenoxy) is 4. The Labute approximate surface area is 125 Å². The Kier molecular flexibility index (Phi) is 3.98. The molecule has 0 radical (unpaired) electrons. The van der Waals surface area contributed by atoms with Crippen molar-refractivity contribution in [3.8, 4) is 23.0 Å².